The third-order valence-corrected chi connectivity index (χ3v) is 5.71. The van der Waals surface area contributed by atoms with Crippen molar-refractivity contribution in [2.45, 2.75) is 70.1 Å². The topological polar surface area (TPSA) is 17.1 Å². The molecule has 4 heteroatoms. The fourth-order valence-corrected chi connectivity index (χ4v) is 4.21. The van der Waals surface area contributed by atoms with E-state index in [9.17, 15) is 18.0 Å². The van der Waals surface area contributed by atoms with Gasteiger partial charge < -0.3 is 0 Å². The minimum absolute atomic E-state index is 0.143. The SMILES string of the molecule is CCCCCC1CCC(c2cc(F)c3c(c2)C=CC(=O)C3(F)F)CC1. The lowest BCUT2D eigenvalue weighted by Gasteiger charge is -2.30. The molecule has 0 N–H and O–H groups in total. The van der Waals surface area contributed by atoms with Crippen LogP contribution in [0.4, 0.5) is 13.2 Å². The van der Waals surface area contributed by atoms with Crippen LogP contribution in [0.5, 0.6) is 0 Å². The number of ketones is 1. The van der Waals surface area contributed by atoms with E-state index in [1.807, 2.05) is 0 Å². The maximum Gasteiger partial charge on any atom is 0.337 e. The highest BCUT2D eigenvalue weighted by molar-refractivity contribution is 6.02. The number of carbonyl (C=O) groups is 1. The van der Waals surface area contributed by atoms with Gasteiger partial charge in [-0.05, 0) is 60.8 Å². The molecule has 1 aromatic carbocycles. The highest BCUT2D eigenvalue weighted by Gasteiger charge is 2.45. The van der Waals surface area contributed by atoms with Crippen molar-refractivity contribution in [3.8, 4) is 0 Å². The second kappa shape index (κ2) is 7.35. The predicted octanol–water partition coefficient (Wildman–Crippen LogP) is 6.37. The number of allylic oxidation sites excluding steroid dienone is 1. The lowest BCUT2D eigenvalue weighted by Crippen LogP contribution is -2.29. The standard InChI is InChI=1S/C21H25F3O/c1-2-3-4-5-14-6-8-15(9-7-14)17-12-16-10-11-19(25)21(23,24)20(16)18(22)13-17/h10-15H,2-9H2,1H3. The van der Waals surface area contributed by atoms with Crippen LogP contribution in [0.2, 0.25) is 0 Å². The van der Waals surface area contributed by atoms with Crippen molar-refractivity contribution in [2.75, 3.05) is 0 Å². The normalized spacial score (nSPS) is 25.0. The number of carbonyl (C=O) groups excluding carboxylic acids is 1. The van der Waals surface area contributed by atoms with E-state index in [2.05, 4.69) is 6.92 Å². The molecule has 0 saturated heterocycles. The average Bonchev–Trinajstić information content (AvgIpc) is 2.58. The fourth-order valence-electron chi connectivity index (χ4n) is 4.21. The van der Waals surface area contributed by atoms with Crippen LogP contribution in [0.25, 0.3) is 6.08 Å². The Bertz CT molecular complexity index is 670. The van der Waals surface area contributed by atoms with Gasteiger partial charge >= 0.3 is 5.92 Å². The van der Waals surface area contributed by atoms with Gasteiger partial charge in [-0.3, -0.25) is 4.79 Å². The Labute approximate surface area is 147 Å². The number of alkyl halides is 2. The quantitative estimate of drug-likeness (QED) is 0.564. The van der Waals surface area contributed by atoms with E-state index in [0.717, 1.165) is 43.2 Å². The fraction of sp³-hybridized carbons (Fsp3) is 0.571. The first-order valence-corrected chi connectivity index (χ1v) is 9.37. The number of halogens is 3. The zero-order valence-electron chi connectivity index (χ0n) is 14.7. The van der Waals surface area contributed by atoms with Gasteiger partial charge in [-0.15, -0.1) is 0 Å². The van der Waals surface area contributed by atoms with E-state index in [-0.39, 0.29) is 11.5 Å². The number of hydrogen-bond donors (Lipinski definition) is 0. The largest absolute Gasteiger partial charge is 0.337 e. The molecule has 0 amide bonds. The molecular weight excluding hydrogens is 325 g/mol. The molecule has 0 aromatic heterocycles. The molecule has 0 aliphatic heterocycles. The molecule has 2 aliphatic carbocycles. The van der Waals surface area contributed by atoms with Crippen LogP contribution < -0.4 is 0 Å². The van der Waals surface area contributed by atoms with E-state index >= 15 is 0 Å². The molecular formula is C21H25F3O. The Morgan fingerprint density at radius 3 is 2.48 bits per heavy atom. The van der Waals surface area contributed by atoms with Crippen molar-refractivity contribution in [1.82, 2.24) is 0 Å². The summed E-state index contributed by atoms with van der Waals surface area (Å²) in [7, 11) is 0. The molecule has 2 aliphatic rings. The van der Waals surface area contributed by atoms with Gasteiger partial charge in [0.2, 0.25) is 5.78 Å². The van der Waals surface area contributed by atoms with Crippen LogP contribution in [0.1, 0.15) is 80.9 Å². The smallest absolute Gasteiger partial charge is 0.288 e. The molecule has 0 unspecified atom stereocenters. The summed E-state index contributed by atoms with van der Waals surface area (Å²) in [6.45, 7) is 2.20. The first-order valence-electron chi connectivity index (χ1n) is 9.37. The van der Waals surface area contributed by atoms with Gasteiger partial charge in [0.25, 0.3) is 0 Å². The average molecular weight is 350 g/mol. The summed E-state index contributed by atoms with van der Waals surface area (Å²) in [6.07, 6.45) is 11.4. The molecule has 0 heterocycles. The maximum atomic E-state index is 14.4. The highest BCUT2D eigenvalue weighted by Crippen LogP contribution is 2.42. The molecule has 0 bridgehead atoms. The molecule has 1 nitrogen and oxygen atoms in total. The zero-order valence-corrected chi connectivity index (χ0v) is 14.7. The Balaban J connectivity index is 1.73. The summed E-state index contributed by atoms with van der Waals surface area (Å²) in [5.41, 5.74) is 0.166. The summed E-state index contributed by atoms with van der Waals surface area (Å²) in [6, 6.07) is 2.87. The predicted molar refractivity (Wildman–Crippen MR) is 93.2 cm³/mol. The van der Waals surface area contributed by atoms with E-state index < -0.39 is 23.1 Å². The van der Waals surface area contributed by atoms with Gasteiger partial charge in [0.1, 0.15) is 5.82 Å². The molecule has 25 heavy (non-hydrogen) atoms. The van der Waals surface area contributed by atoms with Gasteiger partial charge in [-0.25, -0.2) is 4.39 Å². The molecule has 1 saturated carbocycles. The van der Waals surface area contributed by atoms with Crippen molar-refractivity contribution < 1.29 is 18.0 Å². The second-order valence-corrected chi connectivity index (χ2v) is 7.45. The van der Waals surface area contributed by atoms with Crippen molar-refractivity contribution in [2.24, 2.45) is 5.92 Å². The Morgan fingerprint density at radius 1 is 1.08 bits per heavy atom. The third kappa shape index (κ3) is 3.68. The monoisotopic (exact) mass is 350 g/mol. The van der Waals surface area contributed by atoms with Crippen molar-refractivity contribution in [1.29, 1.82) is 0 Å². The van der Waals surface area contributed by atoms with Crippen LogP contribution in [-0.4, -0.2) is 5.78 Å². The van der Waals surface area contributed by atoms with Gasteiger partial charge in [0, 0.05) is 0 Å². The van der Waals surface area contributed by atoms with Crippen LogP contribution in [0.3, 0.4) is 0 Å². The highest BCUT2D eigenvalue weighted by atomic mass is 19.3. The lowest BCUT2D eigenvalue weighted by atomic mass is 9.76. The molecule has 136 valence electrons. The summed E-state index contributed by atoms with van der Waals surface area (Å²) < 4.78 is 42.3. The maximum absolute atomic E-state index is 14.4. The van der Waals surface area contributed by atoms with Crippen molar-refractivity contribution >= 4 is 11.9 Å². The van der Waals surface area contributed by atoms with Crippen molar-refractivity contribution in [3.05, 3.63) is 40.7 Å². The van der Waals surface area contributed by atoms with Gasteiger partial charge in [-0.1, -0.05) is 44.7 Å². The Kier molecular flexibility index (Phi) is 5.35. The van der Waals surface area contributed by atoms with Crippen molar-refractivity contribution in [3.63, 3.8) is 0 Å². The second-order valence-electron chi connectivity index (χ2n) is 7.45. The number of unbranched alkanes of at least 4 members (excludes halogenated alkanes) is 2. The van der Waals surface area contributed by atoms with E-state index in [1.165, 1.54) is 37.8 Å². The minimum Gasteiger partial charge on any atom is -0.288 e. The van der Waals surface area contributed by atoms with Crippen LogP contribution >= 0.6 is 0 Å². The van der Waals surface area contributed by atoms with Crippen LogP contribution in [0.15, 0.2) is 18.2 Å². The van der Waals surface area contributed by atoms with Crippen LogP contribution in [-0.2, 0) is 10.7 Å². The van der Waals surface area contributed by atoms with Gasteiger partial charge in [0.15, 0.2) is 0 Å². The summed E-state index contributed by atoms with van der Waals surface area (Å²) in [5.74, 6) is -5.10. The summed E-state index contributed by atoms with van der Waals surface area (Å²) >= 11 is 0. The Hall–Kier alpha value is -1.58. The molecule has 1 fully saturated rings. The van der Waals surface area contributed by atoms with Gasteiger partial charge in [0.05, 0.1) is 5.56 Å². The van der Waals surface area contributed by atoms with Crippen LogP contribution in [0, 0.1) is 11.7 Å². The molecule has 3 rings (SSSR count). The van der Waals surface area contributed by atoms with E-state index in [1.54, 1.807) is 6.07 Å². The molecule has 0 spiro atoms. The number of rotatable bonds is 5. The molecule has 0 radical (unpaired) electrons. The number of hydrogen-bond acceptors (Lipinski definition) is 1. The number of fused-ring (bicyclic) bond motifs is 1. The lowest BCUT2D eigenvalue weighted by molar-refractivity contribution is -0.139. The Morgan fingerprint density at radius 2 is 1.80 bits per heavy atom. The molecule has 0 atom stereocenters. The first-order chi connectivity index (χ1) is 11.9. The number of benzene rings is 1. The third-order valence-electron chi connectivity index (χ3n) is 5.71. The minimum atomic E-state index is -3.76. The first kappa shape index (κ1) is 18.2. The summed E-state index contributed by atoms with van der Waals surface area (Å²) in [4.78, 5) is 11.4. The zero-order chi connectivity index (χ0) is 18.0. The van der Waals surface area contributed by atoms with E-state index in [4.69, 9.17) is 0 Å². The summed E-state index contributed by atoms with van der Waals surface area (Å²) in [5, 5.41) is 0. The van der Waals surface area contributed by atoms with Gasteiger partial charge in [-0.2, -0.15) is 8.78 Å². The molecule has 1 aromatic rings. The van der Waals surface area contributed by atoms with E-state index in [0.29, 0.717) is 0 Å².